The first-order valence-corrected chi connectivity index (χ1v) is 9.14. The van der Waals surface area contributed by atoms with E-state index in [9.17, 15) is 0 Å². The van der Waals surface area contributed by atoms with Gasteiger partial charge in [0.25, 0.3) is 0 Å². The molecule has 0 amide bonds. The zero-order valence-corrected chi connectivity index (χ0v) is 14.3. The van der Waals surface area contributed by atoms with Crippen LogP contribution in [0.4, 0.5) is 5.69 Å². The van der Waals surface area contributed by atoms with Gasteiger partial charge in [-0.1, -0.05) is 23.7 Å². The Morgan fingerprint density at radius 1 is 1.17 bits per heavy atom. The molecular formula is C18H18ClN3S. The zero-order valence-electron chi connectivity index (χ0n) is 12.7. The van der Waals surface area contributed by atoms with Crippen LogP contribution in [-0.2, 0) is 19.4 Å². The summed E-state index contributed by atoms with van der Waals surface area (Å²) >= 11 is 8.15. The molecule has 0 fully saturated rings. The van der Waals surface area contributed by atoms with E-state index in [1.165, 1.54) is 21.4 Å². The van der Waals surface area contributed by atoms with Crippen LogP contribution in [-0.4, -0.2) is 18.1 Å². The molecule has 0 unspecified atom stereocenters. The van der Waals surface area contributed by atoms with E-state index in [4.69, 9.17) is 11.6 Å². The molecule has 0 spiro atoms. The predicted molar refractivity (Wildman–Crippen MR) is 98.7 cm³/mol. The maximum absolute atomic E-state index is 6.47. The standard InChI is InChI=1S/C18H18ClN3S/c19-15-3-2-13-5-7-20-8-6-14(13)18(15)21-10-12-1-4-16-17(9-12)23-11-22-16/h1-4,9,11,20-21H,5-8,10H2. The van der Waals surface area contributed by atoms with Gasteiger partial charge in [0.15, 0.2) is 0 Å². The number of thiazole rings is 1. The van der Waals surface area contributed by atoms with Gasteiger partial charge in [-0.15, -0.1) is 11.3 Å². The molecule has 1 aliphatic rings. The van der Waals surface area contributed by atoms with Crippen LogP contribution >= 0.6 is 22.9 Å². The van der Waals surface area contributed by atoms with Crippen LogP contribution in [0.2, 0.25) is 5.02 Å². The Balaban J connectivity index is 1.60. The maximum atomic E-state index is 6.47. The summed E-state index contributed by atoms with van der Waals surface area (Å²) < 4.78 is 1.23. The Morgan fingerprint density at radius 2 is 2.09 bits per heavy atom. The molecule has 0 saturated carbocycles. The van der Waals surface area contributed by atoms with Crippen molar-refractivity contribution in [2.24, 2.45) is 0 Å². The number of halogens is 1. The van der Waals surface area contributed by atoms with Crippen LogP contribution in [0.5, 0.6) is 0 Å². The first-order chi connectivity index (χ1) is 11.3. The van der Waals surface area contributed by atoms with Crippen molar-refractivity contribution in [3.63, 3.8) is 0 Å². The molecule has 3 nitrogen and oxygen atoms in total. The van der Waals surface area contributed by atoms with E-state index < -0.39 is 0 Å². The molecule has 5 heteroatoms. The van der Waals surface area contributed by atoms with Crippen molar-refractivity contribution < 1.29 is 0 Å². The summed E-state index contributed by atoms with van der Waals surface area (Å²) in [6.45, 7) is 2.82. The molecule has 0 aliphatic carbocycles. The van der Waals surface area contributed by atoms with Gasteiger partial charge >= 0.3 is 0 Å². The van der Waals surface area contributed by atoms with Gasteiger partial charge in [0.2, 0.25) is 0 Å². The lowest BCUT2D eigenvalue weighted by Crippen LogP contribution is -2.16. The molecule has 118 valence electrons. The van der Waals surface area contributed by atoms with Crippen LogP contribution in [0.25, 0.3) is 10.2 Å². The van der Waals surface area contributed by atoms with Gasteiger partial charge in [0.1, 0.15) is 0 Å². The van der Waals surface area contributed by atoms with Gasteiger partial charge in [-0.05, 0) is 60.8 Å². The van der Waals surface area contributed by atoms with Crippen molar-refractivity contribution in [3.8, 4) is 0 Å². The fraction of sp³-hybridized carbons (Fsp3) is 0.278. The van der Waals surface area contributed by atoms with Crippen molar-refractivity contribution in [3.05, 3.63) is 57.6 Å². The van der Waals surface area contributed by atoms with E-state index in [-0.39, 0.29) is 0 Å². The van der Waals surface area contributed by atoms with E-state index in [1.807, 2.05) is 11.6 Å². The third-order valence-corrected chi connectivity index (χ3v) is 5.45. The number of anilines is 1. The minimum atomic E-state index is 0.775. The number of nitrogens with zero attached hydrogens (tertiary/aromatic N) is 1. The molecule has 1 aliphatic heterocycles. The van der Waals surface area contributed by atoms with Gasteiger partial charge in [0.05, 0.1) is 26.4 Å². The molecule has 0 bridgehead atoms. The van der Waals surface area contributed by atoms with Gasteiger partial charge in [0, 0.05) is 6.54 Å². The molecule has 0 atom stereocenters. The average Bonchev–Trinajstić information content (AvgIpc) is 2.90. The van der Waals surface area contributed by atoms with Crippen molar-refractivity contribution >= 4 is 38.8 Å². The molecule has 3 aromatic rings. The zero-order chi connectivity index (χ0) is 15.6. The van der Waals surface area contributed by atoms with E-state index in [0.29, 0.717) is 0 Å². The van der Waals surface area contributed by atoms with Crippen LogP contribution in [0.1, 0.15) is 16.7 Å². The molecule has 2 heterocycles. The highest BCUT2D eigenvalue weighted by molar-refractivity contribution is 7.16. The third-order valence-electron chi connectivity index (χ3n) is 4.35. The summed E-state index contributed by atoms with van der Waals surface area (Å²) in [6.07, 6.45) is 2.08. The lowest BCUT2D eigenvalue weighted by Gasteiger charge is -2.16. The SMILES string of the molecule is Clc1ccc2c(c1NCc1ccc3ncsc3c1)CCNCC2. The first-order valence-electron chi connectivity index (χ1n) is 7.88. The van der Waals surface area contributed by atoms with Crippen LogP contribution in [0.15, 0.2) is 35.8 Å². The molecule has 0 radical (unpaired) electrons. The average molecular weight is 344 g/mol. The number of aromatic nitrogens is 1. The van der Waals surface area contributed by atoms with Crippen LogP contribution in [0.3, 0.4) is 0 Å². The quantitative estimate of drug-likeness (QED) is 0.746. The third kappa shape index (κ3) is 3.07. The second kappa shape index (κ2) is 6.48. The Kier molecular flexibility index (Phi) is 4.21. The molecule has 23 heavy (non-hydrogen) atoms. The predicted octanol–water partition coefficient (Wildman–Crippen LogP) is 4.25. The second-order valence-corrected chi connectivity index (χ2v) is 7.11. The summed E-state index contributed by atoms with van der Waals surface area (Å²) in [5, 5.41) is 7.83. The lowest BCUT2D eigenvalue weighted by molar-refractivity contribution is 0.711. The molecule has 2 aromatic carbocycles. The monoisotopic (exact) mass is 343 g/mol. The van der Waals surface area contributed by atoms with Crippen LogP contribution < -0.4 is 10.6 Å². The van der Waals surface area contributed by atoms with Crippen LogP contribution in [0, 0.1) is 0 Å². The summed E-state index contributed by atoms with van der Waals surface area (Å²) in [5.41, 5.74) is 8.07. The number of benzene rings is 2. The number of rotatable bonds is 3. The van der Waals surface area contributed by atoms with Gasteiger partial charge in [-0.3, -0.25) is 0 Å². The van der Waals surface area contributed by atoms with Gasteiger partial charge in [-0.25, -0.2) is 4.98 Å². The maximum Gasteiger partial charge on any atom is 0.0812 e. The Labute approximate surface area is 144 Å². The minimum absolute atomic E-state index is 0.775. The van der Waals surface area contributed by atoms with E-state index in [1.54, 1.807) is 11.3 Å². The number of fused-ring (bicyclic) bond motifs is 2. The Morgan fingerprint density at radius 3 is 3.04 bits per heavy atom. The molecule has 0 saturated heterocycles. The van der Waals surface area contributed by atoms with Crippen molar-refractivity contribution in [1.82, 2.24) is 10.3 Å². The van der Waals surface area contributed by atoms with Crippen molar-refractivity contribution in [1.29, 1.82) is 0 Å². The fourth-order valence-corrected chi connectivity index (χ4v) is 4.12. The second-order valence-electron chi connectivity index (χ2n) is 5.82. The van der Waals surface area contributed by atoms with E-state index in [2.05, 4.69) is 39.9 Å². The van der Waals surface area contributed by atoms with E-state index in [0.717, 1.165) is 48.7 Å². The molecular weight excluding hydrogens is 326 g/mol. The summed E-state index contributed by atoms with van der Waals surface area (Å²) in [7, 11) is 0. The molecule has 4 rings (SSSR count). The highest BCUT2D eigenvalue weighted by Crippen LogP contribution is 2.31. The lowest BCUT2D eigenvalue weighted by atomic mass is 10.0. The van der Waals surface area contributed by atoms with Crippen molar-refractivity contribution in [2.75, 3.05) is 18.4 Å². The topological polar surface area (TPSA) is 37.0 Å². The van der Waals surface area contributed by atoms with Crippen molar-refractivity contribution in [2.45, 2.75) is 19.4 Å². The fourth-order valence-electron chi connectivity index (χ4n) is 3.13. The highest BCUT2D eigenvalue weighted by atomic mass is 35.5. The summed E-state index contributed by atoms with van der Waals surface area (Å²) in [4.78, 5) is 4.33. The summed E-state index contributed by atoms with van der Waals surface area (Å²) in [6, 6.07) is 10.6. The largest absolute Gasteiger partial charge is 0.380 e. The van der Waals surface area contributed by atoms with Gasteiger partial charge < -0.3 is 10.6 Å². The van der Waals surface area contributed by atoms with E-state index >= 15 is 0 Å². The highest BCUT2D eigenvalue weighted by Gasteiger charge is 2.14. The minimum Gasteiger partial charge on any atom is -0.380 e. The Hall–Kier alpha value is -1.62. The molecule has 1 aromatic heterocycles. The summed E-state index contributed by atoms with van der Waals surface area (Å²) in [5.74, 6) is 0. The number of hydrogen-bond acceptors (Lipinski definition) is 4. The number of nitrogens with one attached hydrogen (secondary N) is 2. The first kappa shape index (κ1) is 14.9. The van der Waals surface area contributed by atoms with Gasteiger partial charge in [-0.2, -0.15) is 0 Å². The number of hydrogen-bond donors (Lipinski definition) is 2. The normalized spacial score (nSPS) is 14.5. The Bertz CT molecular complexity index is 843. The molecule has 2 N–H and O–H groups in total. The smallest absolute Gasteiger partial charge is 0.0812 e.